The van der Waals surface area contributed by atoms with E-state index < -0.39 is 36.0 Å². The quantitative estimate of drug-likeness (QED) is 0.159. The lowest BCUT2D eigenvalue weighted by molar-refractivity contribution is -0.148. The van der Waals surface area contributed by atoms with Crippen molar-refractivity contribution in [2.75, 3.05) is 84.9 Å². The normalized spacial score (nSPS) is 16.6. The van der Waals surface area contributed by atoms with Gasteiger partial charge in [-0.05, 0) is 17.4 Å². The van der Waals surface area contributed by atoms with E-state index in [1.807, 2.05) is 74.5 Å². The molecule has 2 aromatic carbocycles. The fourth-order valence-corrected chi connectivity index (χ4v) is 5.24. The topological polar surface area (TPSA) is 181 Å². The molecule has 15 heteroatoms. The molecule has 0 bridgehead atoms. The van der Waals surface area contributed by atoms with Crippen molar-refractivity contribution >= 4 is 36.5 Å². The maximum Gasteiger partial charge on any atom is 0.323 e. The maximum atomic E-state index is 12.4. The van der Waals surface area contributed by atoms with Crippen LogP contribution in [-0.2, 0) is 41.9 Å². The molecule has 0 saturated carbocycles. The molecule has 0 aliphatic carbocycles. The number of thiol groups is 1. The van der Waals surface area contributed by atoms with Gasteiger partial charge >= 0.3 is 23.9 Å². The van der Waals surface area contributed by atoms with Gasteiger partial charge in [-0.1, -0.05) is 74.5 Å². The molecule has 2 atom stereocenters. The third kappa shape index (κ3) is 17.9. The Bertz CT molecular complexity index is 1130. The first-order chi connectivity index (χ1) is 24.1. The summed E-state index contributed by atoms with van der Waals surface area (Å²) in [5.74, 6) is -4.36. The van der Waals surface area contributed by atoms with E-state index in [1.165, 1.54) is 0 Å². The number of hydrogen-bond acceptors (Lipinski definition) is 11. The van der Waals surface area contributed by atoms with Crippen molar-refractivity contribution in [3.8, 4) is 0 Å². The molecule has 1 aliphatic rings. The van der Waals surface area contributed by atoms with Crippen LogP contribution in [0.4, 0.5) is 0 Å². The summed E-state index contributed by atoms with van der Waals surface area (Å²) in [6.07, 6.45) is 1.69. The molecule has 0 aromatic heterocycles. The van der Waals surface area contributed by atoms with E-state index in [4.69, 9.17) is 9.47 Å². The van der Waals surface area contributed by atoms with Crippen LogP contribution in [0.3, 0.4) is 0 Å². The molecule has 3 rings (SSSR count). The first-order valence-electron chi connectivity index (χ1n) is 16.6. The Morgan fingerprint density at radius 3 is 1.14 bits per heavy atom. The average molecular weight is 723 g/mol. The number of ether oxygens (including phenoxy) is 2. The molecule has 1 saturated heterocycles. The van der Waals surface area contributed by atoms with Gasteiger partial charge in [0.1, 0.15) is 12.1 Å². The molecule has 2 aromatic rings. The van der Waals surface area contributed by atoms with E-state index in [0.717, 1.165) is 11.1 Å². The lowest BCUT2D eigenvalue weighted by Gasteiger charge is -2.36. The summed E-state index contributed by atoms with van der Waals surface area (Å²) in [6.45, 7) is 4.94. The second-order valence-corrected chi connectivity index (χ2v) is 11.1. The fourth-order valence-electron chi connectivity index (χ4n) is 5.24. The molecule has 280 valence electrons. The van der Waals surface area contributed by atoms with Crippen molar-refractivity contribution in [1.82, 2.24) is 19.6 Å². The minimum atomic E-state index is -1.11. The highest BCUT2D eigenvalue weighted by atomic mass is 32.1. The van der Waals surface area contributed by atoms with Gasteiger partial charge in [0.25, 0.3) is 0 Å². The number of benzene rings is 2. The average Bonchev–Trinajstić information content (AvgIpc) is 3.10. The van der Waals surface area contributed by atoms with Gasteiger partial charge < -0.3 is 29.9 Å². The second-order valence-electron chi connectivity index (χ2n) is 11.1. The predicted octanol–water partition coefficient (Wildman–Crippen LogP) is 2.29. The van der Waals surface area contributed by atoms with Gasteiger partial charge in [0.15, 0.2) is 0 Å². The number of rotatable bonds is 16. The summed E-state index contributed by atoms with van der Waals surface area (Å²) in [6, 6.07) is 16.5. The Morgan fingerprint density at radius 1 is 0.580 bits per heavy atom. The van der Waals surface area contributed by atoms with Crippen LogP contribution in [0, 0.1) is 0 Å². The second kappa shape index (κ2) is 26.3. The molecular formula is C35H54N4O10S. The molecular weight excluding hydrogens is 668 g/mol. The first-order valence-corrected chi connectivity index (χ1v) is 17.5. The molecule has 1 aliphatic heterocycles. The molecule has 50 heavy (non-hydrogen) atoms. The van der Waals surface area contributed by atoms with E-state index in [-0.39, 0.29) is 91.9 Å². The van der Waals surface area contributed by atoms with Crippen molar-refractivity contribution in [2.24, 2.45) is 0 Å². The largest absolute Gasteiger partial charge is 0.480 e. The van der Waals surface area contributed by atoms with Gasteiger partial charge in [-0.3, -0.25) is 38.8 Å². The number of carboxylic acid groups (broad SMARTS) is 4. The third-order valence-corrected chi connectivity index (χ3v) is 7.76. The van der Waals surface area contributed by atoms with Gasteiger partial charge in [-0.2, -0.15) is 12.6 Å². The summed E-state index contributed by atoms with van der Waals surface area (Å²) >= 11 is 3.53. The Balaban J connectivity index is 0.00000301. The first kappa shape index (κ1) is 44.5. The summed E-state index contributed by atoms with van der Waals surface area (Å²) < 4.78 is 11.5. The summed E-state index contributed by atoms with van der Waals surface area (Å²) in [5, 5.41) is 39.4. The van der Waals surface area contributed by atoms with Crippen LogP contribution in [0.5, 0.6) is 0 Å². The standard InChI is InChI=1S/C32H44N4O10.C2H6.CH4S/c37-29(38)19-33-11-15-35(27(31(41)42)23-45-21-25-7-3-1-4-8-25)16-12-34(20-30(39)40)14-18-36(17-13-33)28(32(43)44)24-46-22-26-9-5-2-6-10-26;2*1-2/h1-10,27-28H,11-24H2,(H,37,38)(H,39,40)(H,41,42)(H,43,44);1-2H3;2H,1H3. The van der Waals surface area contributed by atoms with Crippen LogP contribution in [-0.4, -0.2) is 161 Å². The highest BCUT2D eigenvalue weighted by Crippen LogP contribution is 2.11. The maximum absolute atomic E-state index is 12.4. The van der Waals surface area contributed by atoms with Crippen molar-refractivity contribution in [3.63, 3.8) is 0 Å². The Hall–Kier alpha value is -3.57. The summed E-state index contributed by atoms with van der Waals surface area (Å²) in [7, 11) is 0. The lowest BCUT2D eigenvalue weighted by Crippen LogP contribution is -2.54. The number of aliphatic carboxylic acids is 4. The molecule has 1 heterocycles. The Morgan fingerprint density at radius 2 is 0.880 bits per heavy atom. The zero-order valence-electron chi connectivity index (χ0n) is 29.3. The van der Waals surface area contributed by atoms with Gasteiger partial charge in [0, 0.05) is 52.4 Å². The van der Waals surface area contributed by atoms with E-state index >= 15 is 0 Å². The van der Waals surface area contributed by atoms with Crippen LogP contribution in [0.25, 0.3) is 0 Å². The van der Waals surface area contributed by atoms with Crippen LogP contribution in [0.1, 0.15) is 25.0 Å². The van der Waals surface area contributed by atoms with E-state index in [2.05, 4.69) is 12.6 Å². The molecule has 2 unspecified atom stereocenters. The van der Waals surface area contributed by atoms with Gasteiger partial charge in [-0.15, -0.1) is 0 Å². The zero-order valence-corrected chi connectivity index (χ0v) is 30.2. The molecule has 0 radical (unpaired) electrons. The molecule has 4 N–H and O–H groups in total. The minimum Gasteiger partial charge on any atom is -0.480 e. The van der Waals surface area contributed by atoms with Gasteiger partial charge in [0.05, 0.1) is 39.5 Å². The van der Waals surface area contributed by atoms with Gasteiger partial charge in [0.2, 0.25) is 0 Å². The van der Waals surface area contributed by atoms with Gasteiger partial charge in [-0.25, -0.2) is 0 Å². The van der Waals surface area contributed by atoms with Crippen LogP contribution in [0.15, 0.2) is 60.7 Å². The highest BCUT2D eigenvalue weighted by Gasteiger charge is 2.30. The third-order valence-electron chi connectivity index (χ3n) is 7.76. The number of carbonyl (C=O) groups is 4. The van der Waals surface area contributed by atoms with E-state index in [9.17, 15) is 39.6 Å². The van der Waals surface area contributed by atoms with Crippen LogP contribution >= 0.6 is 12.6 Å². The van der Waals surface area contributed by atoms with Crippen molar-refractivity contribution in [1.29, 1.82) is 0 Å². The number of carboxylic acids is 4. The highest BCUT2D eigenvalue weighted by molar-refractivity contribution is 7.79. The monoisotopic (exact) mass is 722 g/mol. The Kier molecular flexibility index (Phi) is 23.4. The van der Waals surface area contributed by atoms with E-state index in [1.54, 1.807) is 25.9 Å². The molecule has 1 fully saturated rings. The number of hydrogen-bond donors (Lipinski definition) is 5. The molecule has 14 nitrogen and oxygen atoms in total. The summed E-state index contributed by atoms with van der Waals surface area (Å²) in [5.41, 5.74) is 1.77. The lowest BCUT2D eigenvalue weighted by atomic mass is 10.2. The van der Waals surface area contributed by atoms with Crippen molar-refractivity contribution in [2.45, 2.75) is 39.1 Å². The smallest absolute Gasteiger partial charge is 0.323 e. The summed E-state index contributed by atoms with van der Waals surface area (Å²) in [4.78, 5) is 54.9. The van der Waals surface area contributed by atoms with Crippen molar-refractivity contribution in [3.05, 3.63) is 71.8 Å². The van der Waals surface area contributed by atoms with Crippen molar-refractivity contribution < 1.29 is 49.1 Å². The van der Waals surface area contributed by atoms with Crippen LogP contribution < -0.4 is 0 Å². The molecule has 0 spiro atoms. The number of nitrogens with zero attached hydrogens (tertiary/aromatic N) is 4. The minimum absolute atomic E-state index is 0.126. The zero-order chi connectivity index (χ0) is 37.3. The predicted molar refractivity (Wildman–Crippen MR) is 193 cm³/mol. The van der Waals surface area contributed by atoms with Crippen LogP contribution in [0.2, 0.25) is 0 Å². The molecule has 0 amide bonds. The fraction of sp³-hybridized carbons (Fsp3) is 0.543. The SMILES string of the molecule is CC.CS.O=C(O)CN1CCN(C(COCc2ccccc2)C(=O)O)CCN(CC(=O)O)CCN(C(COCc2ccccc2)C(=O)O)CC1. The van der Waals surface area contributed by atoms with E-state index in [0.29, 0.717) is 0 Å². The Labute approximate surface area is 300 Å².